The minimum Gasteiger partial charge on any atom is -0.372 e. The molecular formula is C11H13BrN2O3. The molecule has 0 amide bonds. The standard InChI is InChI=1S/C11H13BrN2O3/c12-11-5-9(14(15)16)2-1-8(11)7-17-10-3-4-13-6-10/h1-2,5,10,13H,3-4,6-7H2. The number of non-ortho nitro benzene ring substituents is 1. The number of hydrogen-bond donors (Lipinski definition) is 1. The van der Waals surface area contributed by atoms with Crippen LogP contribution in [-0.2, 0) is 11.3 Å². The van der Waals surface area contributed by atoms with Crippen molar-refractivity contribution in [3.63, 3.8) is 0 Å². The zero-order valence-electron chi connectivity index (χ0n) is 9.19. The first-order valence-corrected chi connectivity index (χ1v) is 6.21. The van der Waals surface area contributed by atoms with Crippen LogP contribution < -0.4 is 5.32 Å². The Balaban J connectivity index is 1.98. The molecule has 0 bridgehead atoms. The third-order valence-electron chi connectivity index (χ3n) is 2.74. The van der Waals surface area contributed by atoms with Crippen LogP contribution in [0.4, 0.5) is 5.69 Å². The van der Waals surface area contributed by atoms with Gasteiger partial charge in [-0.3, -0.25) is 10.1 Å². The molecule has 1 aliphatic heterocycles. The van der Waals surface area contributed by atoms with Crippen LogP contribution in [-0.4, -0.2) is 24.1 Å². The van der Waals surface area contributed by atoms with Crippen LogP contribution in [0.3, 0.4) is 0 Å². The van der Waals surface area contributed by atoms with Gasteiger partial charge in [0.25, 0.3) is 5.69 Å². The summed E-state index contributed by atoms with van der Waals surface area (Å²) >= 11 is 3.32. The molecule has 1 heterocycles. The topological polar surface area (TPSA) is 64.4 Å². The molecule has 0 spiro atoms. The molecule has 17 heavy (non-hydrogen) atoms. The molecule has 1 aromatic rings. The number of ether oxygens (including phenoxy) is 1. The molecule has 2 rings (SSSR count). The minimum atomic E-state index is -0.406. The van der Waals surface area contributed by atoms with Gasteiger partial charge in [0.15, 0.2) is 0 Å². The van der Waals surface area contributed by atoms with Crippen LogP contribution in [0.2, 0.25) is 0 Å². The van der Waals surface area contributed by atoms with Gasteiger partial charge in [0.1, 0.15) is 0 Å². The second-order valence-electron chi connectivity index (χ2n) is 3.96. The molecule has 1 fully saturated rings. The van der Waals surface area contributed by atoms with E-state index in [0.717, 1.165) is 29.5 Å². The van der Waals surface area contributed by atoms with E-state index in [1.165, 1.54) is 12.1 Å². The lowest BCUT2D eigenvalue weighted by molar-refractivity contribution is -0.384. The van der Waals surface area contributed by atoms with Gasteiger partial charge >= 0.3 is 0 Å². The maximum Gasteiger partial charge on any atom is 0.270 e. The highest BCUT2D eigenvalue weighted by Crippen LogP contribution is 2.24. The van der Waals surface area contributed by atoms with Crippen molar-refractivity contribution in [2.24, 2.45) is 0 Å². The van der Waals surface area contributed by atoms with Gasteiger partial charge in [0, 0.05) is 23.2 Å². The molecular weight excluding hydrogens is 288 g/mol. The van der Waals surface area contributed by atoms with Gasteiger partial charge < -0.3 is 10.1 Å². The Morgan fingerprint density at radius 3 is 3.00 bits per heavy atom. The molecule has 0 aliphatic carbocycles. The Bertz CT molecular complexity index is 419. The maximum atomic E-state index is 10.6. The van der Waals surface area contributed by atoms with Gasteiger partial charge in [-0.2, -0.15) is 0 Å². The highest BCUT2D eigenvalue weighted by Gasteiger charge is 2.16. The van der Waals surface area contributed by atoms with Crippen LogP contribution in [0.5, 0.6) is 0 Å². The van der Waals surface area contributed by atoms with Gasteiger partial charge in [-0.05, 0) is 24.6 Å². The molecule has 0 radical (unpaired) electrons. The summed E-state index contributed by atoms with van der Waals surface area (Å²) in [6, 6.07) is 4.73. The van der Waals surface area contributed by atoms with E-state index in [0.29, 0.717) is 6.61 Å². The fourth-order valence-corrected chi connectivity index (χ4v) is 2.23. The van der Waals surface area contributed by atoms with Crippen LogP contribution in [0.25, 0.3) is 0 Å². The number of rotatable bonds is 4. The minimum absolute atomic E-state index is 0.0863. The number of nitro groups is 1. The van der Waals surface area contributed by atoms with Gasteiger partial charge in [0.05, 0.1) is 17.6 Å². The molecule has 1 atom stereocenters. The molecule has 1 N–H and O–H groups in total. The summed E-state index contributed by atoms with van der Waals surface area (Å²) in [5.74, 6) is 0. The Kier molecular flexibility index (Phi) is 4.09. The van der Waals surface area contributed by atoms with E-state index < -0.39 is 4.92 Å². The summed E-state index contributed by atoms with van der Waals surface area (Å²) in [5.41, 5.74) is 1.02. The van der Waals surface area contributed by atoms with Gasteiger partial charge in [-0.1, -0.05) is 15.9 Å². The van der Waals surface area contributed by atoms with E-state index in [-0.39, 0.29) is 11.8 Å². The van der Waals surface area contributed by atoms with Crippen LogP contribution in [0, 0.1) is 10.1 Å². The van der Waals surface area contributed by atoms with Crippen LogP contribution >= 0.6 is 15.9 Å². The number of benzene rings is 1. The number of nitro benzene ring substituents is 1. The van der Waals surface area contributed by atoms with Crippen molar-refractivity contribution in [3.05, 3.63) is 38.3 Å². The van der Waals surface area contributed by atoms with Crippen molar-refractivity contribution in [1.29, 1.82) is 0 Å². The van der Waals surface area contributed by atoms with E-state index in [1.54, 1.807) is 6.07 Å². The van der Waals surface area contributed by atoms with Crippen molar-refractivity contribution in [3.8, 4) is 0 Å². The molecule has 5 nitrogen and oxygen atoms in total. The van der Waals surface area contributed by atoms with Gasteiger partial charge in [0.2, 0.25) is 0 Å². The molecule has 1 saturated heterocycles. The van der Waals surface area contributed by atoms with E-state index in [4.69, 9.17) is 4.74 Å². The smallest absolute Gasteiger partial charge is 0.270 e. The largest absolute Gasteiger partial charge is 0.372 e. The summed E-state index contributed by atoms with van der Waals surface area (Å²) in [7, 11) is 0. The first kappa shape index (κ1) is 12.5. The third-order valence-corrected chi connectivity index (χ3v) is 3.48. The summed E-state index contributed by atoms with van der Waals surface area (Å²) in [6.07, 6.45) is 1.27. The number of hydrogen-bond acceptors (Lipinski definition) is 4. The Hall–Kier alpha value is -0.980. The Labute approximate surface area is 107 Å². The molecule has 1 aliphatic rings. The number of halogens is 1. The fraction of sp³-hybridized carbons (Fsp3) is 0.455. The van der Waals surface area contributed by atoms with Crippen molar-refractivity contribution in [2.75, 3.05) is 13.1 Å². The molecule has 0 aromatic heterocycles. The second-order valence-corrected chi connectivity index (χ2v) is 4.81. The van der Waals surface area contributed by atoms with Gasteiger partial charge in [-0.15, -0.1) is 0 Å². The van der Waals surface area contributed by atoms with Crippen LogP contribution in [0.1, 0.15) is 12.0 Å². The molecule has 6 heteroatoms. The maximum absolute atomic E-state index is 10.6. The predicted octanol–water partition coefficient (Wildman–Crippen LogP) is 2.24. The van der Waals surface area contributed by atoms with E-state index >= 15 is 0 Å². The van der Waals surface area contributed by atoms with Crippen molar-refractivity contribution >= 4 is 21.6 Å². The molecule has 1 unspecified atom stereocenters. The summed E-state index contributed by atoms with van der Waals surface area (Å²) in [5, 5.41) is 13.8. The lowest BCUT2D eigenvalue weighted by Gasteiger charge is -2.11. The van der Waals surface area contributed by atoms with Crippen molar-refractivity contribution in [1.82, 2.24) is 5.32 Å². The lowest BCUT2D eigenvalue weighted by Crippen LogP contribution is -2.16. The van der Waals surface area contributed by atoms with E-state index in [2.05, 4.69) is 21.2 Å². The Morgan fingerprint density at radius 2 is 2.41 bits per heavy atom. The molecule has 92 valence electrons. The average molecular weight is 301 g/mol. The highest BCUT2D eigenvalue weighted by atomic mass is 79.9. The first-order valence-electron chi connectivity index (χ1n) is 5.42. The Morgan fingerprint density at radius 1 is 1.59 bits per heavy atom. The van der Waals surface area contributed by atoms with E-state index in [1.807, 2.05) is 0 Å². The predicted molar refractivity (Wildman–Crippen MR) is 66.9 cm³/mol. The monoisotopic (exact) mass is 300 g/mol. The molecule has 0 saturated carbocycles. The quantitative estimate of drug-likeness (QED) is 0.684. The SMILES string of the molecule is O=[N+]([O-])c1ccc(COC2CCNC2)c(Br)c1. The normalized spacial score (nSPS) is 19.5. The highest BCUT2D eigenvalue weighted by molar-refractivity contribution is 9.10. The van der Waals surface area contributed by atoms with E-state index in [9.17, 15) is 10.1 Å². The fourth-order valence-electron chi connectivity index (χ4n) is 1.74. The van der Waals surface area contributed by atoms with Crippen molar-refractivity contribution < 1.29 is 9.66 Å². The lowest BCUT2D eigenvalue weighted by atomic mass is 10.2. The number of nitrogens with one attached hydrogen (secondary N) is 1. The zero-order valence-corrected chi connectivity index (χ0v) is 10.8. The van der Waals surface area contributed by atoms with Crippen LogP contribution in [0.15, 0.2) is 22.7 Å². The summed E-state index contributed by atoms with van der Waals surface area (Å²) in [6.45, 7) is 2.35. The average Bonchev–Trinajstić information content (AvgIpc) is 2.80. The molecule has 1 aromatic carbocycles. The second kappa shape index (κ2) is 5.57. The van der Waals surface area contributed by atoms with Crippen molar-refractivity contribution in [2.45, 2.75) is 19.1 Å². The van der Waals surface area contributed by atoms with Gasteiger partial charge in [-0.25, -0.2) is 0 Å². The summed E-state index contributed by atoms with van der Waals surface area (Å²) in [4.78, 5) is 10.2. The summed E-state index contributed by atoms with van der Waals surface area (Å²) < 4.78 is 6.43. The first-order chi connectivity index (χ1) is 8.16. The third kappa shape index (κ3) is 3.24. The zero-order chi connectivity index (χ0) is 12.3. The number of nitrogens with zero attached hydrogens (tertiary/aromatic N) is 1.